The van der Waals surface area contributed by atoms with Crippen LogP contribution in [0.5, 0.6) is 40.2 Å². The summed E-state index contributed by atoms with van der Waals surface area (Å²) in [7, 11) is 6.06. The van der Waals surface area contributed by atoms with Crippen LogP contribution in [0.25, 0.3) is 5.57 Å². The first-order chi connectivity index (χ1) is 19.8. The molecule has 0 amide bonds. The minimum absolute atomic E-state index is 0.0202. The van der Waals surface area contributed by atoms with E-state index in [0.717, 1.165) is 5.56 Å². The lowest BCUT2D eigenvalue weighted by molar-refractivity contribution is -0.185. The van der Waals surface area contributed by atoms with E-state index >= 15 is 0 Å². The van der Waals surface area contributed by atoms with Crippen LogP contribution in [-0.2, 0) is 21.7 Å². The maximum absolute atomic E-state index is 13.6. The summed E-state index contributed by atoms with van der Waals surface area (Å²) in [6.07, 6.45) is 0.0945. The third-order valence-corrected chi connectivity index (χ3v) is 7.07. The van der Waals surface area contributed by atoms with Crippen LogP contribution in [0.1, 0.15) is 29.2 Å². The van der Waals surface area contributed by atoms with Crippen molar-refractivity contribution in [3.8, 4) is 40.2 Å². The Morgan fingerprint density at radius 3 is 2.20 bits per heavy atom. The molecule has 2 heterocycles. The molecule has 10 nitrogen and oxygen atoms in total. The lowest BCUT2D eigenvalue weighted by Crippen LogP contribution is -2.30. The molecular weight excluding hydrogens is 532 g/mol. The van der Waals surface area contributed by atoms with E-state index in [4.69, 9.17) is 37.9 Å². The van der Waals surface area contributed by atoms with Gasteiger partial charge in [0.15, 0.2) is 23.0 Å². The predicted molar refractivity (Wildman–Crippen MR) is 148 cm³/mol. The van der Waals surface area contributed by atoms with Crippen LogP contribution >= 0.6 is 0 Å². The van der Waals surface area contributed by atoms with Gasteiger partial charge in [0.1, 0.15) is 5.75 Å². The number of carbonyl (C=O) groups excluding carboxylic acids is 1. The predicted octanol–water partition coefficient (Wildman–Crippen LogP) is 4.56. The summed E-state index contributed by atoms with van der Waals surface area (Å²) in [5, 5.41) is 12.2. The van der Waals surface area contributed by atoms with E-state index < -0.39 is 11.8 Å². The average Bonchev–Trinajstić information content (AvgIpc) is 3.55. The summed E-state index contributed by atoms with van der Waals surface area (Å²) in [5.74, 6) is 0.387. The topological polar surface area (TPSA) is 111 Å². The second-order valence-electron chi connectivity index (χ2n) is 9.42. The van der Waals surface area contributed by atoms with Crippen molar-refractivity contribution in [2.24, 2.45) is 0 Å². The number of fused-ring (bicyclic) bond motifs is 1. The van der Waals surface area contributed by atoms with Crippen LogP contribution in [0.4, 0.5) is 0 Å². The average molecular weight is 565 g/mol. The van der Waals surface area contributed by atoms with Gasteiger partial charge in [-0.05, 0) is 73.0 Å². The number of carbonyl (C=O) groups is 1. The van der Waals surface area contributed by atoms with E-state index in [1.165, 1.54) is 28.4 Å². The number of aryl methyl sites for hydroxylation is 1. The van der Waals surface area contributed by atoms with E-state index in [2.05, 4.69) is 0 Å². The van der Waals surface area contributed by atoms with Gasteiger partial charge in [0.2, 0.25) is 18.3 Å². The monoisotopic (exact) mass is 564 g/mol. The van der Waals surface area contributed by atoms with Gasteiger partial charge in [-0.2, -0.15) is 0 Å². The normalized spacial score (nSPS) is 17.4. The number of cyclic esters (lactones) is 1. The van der Waals surface area contributed by atoms with Crippen LogP contribution in [-0.4, -0.2) is 52.9 Å². The van der Waals surface area contributed by atoms with Crippen molar-refractivity contribution in [2.75, 3.05) is 41.8 Å². The van der Waals surface area contributed by atoms with E-state index in [1.54, 1.807) is 42.5 Å². The second kappa shape index (κ2) is 11.1. The summed E-state index contributed by atoms with van der Waals surface area (Å²) in [5.41, 5.74) is 2.75. The van der Waals surface area contributed by atoms with Crippen molar-refractivity contribution in [3.63, 3.8) is 0 Å². The summed E-state index contributed by atoms with van der Waals surface area (Å²) >= 11 is 0. The highest BCUT2D eigenvalue weighted by atomic mass is 16.7. The van der Waals surface area contributed by atoms with Gasteiger partial charge in [-0.15, -0.1) is 0 Å². The fourth-order valence-corrected chi connectivity index (χ4v) is 5.17. The Kier molecular flexibility index (Phi) is 7.59. The van der Waals surface area contributed by atoms with E-state index in [0.29, 0.717) is 69.1 Å². The molecule has 0 fully saturated rings. The number of ether oxygens (including phenoxy) is 8. The lowest BCUT2D eigenvalue weighted by Gasteiger charge is -2.27. The first kappa shape index (κ1) is 28.0. The molecule has 0 radical (unpaired) electrons. The Labute approximate surface area is 237 Å². The van der Waals surface area contributed by atoms with Crippen molar-refractivity contribution in [1.82, 2.24) is 0 Å². The van der Waals surface area contributed by atoms with Crippen molar-refractivity contribution >= 4 is 11.5 Å². The molecule has 0 spiro atoms. The highest BCUT2D eigenvalue weighted by Crippen LogP contribution is 2.50. The van der Waals surface area contributed by atoms with Crippen molar-refractivity contribution in [3.05, 3.63) is 70.3 Å². The molecule has 3 aromatic rings. The minimum atomic E-state index is -2.09. The molecule has 2 aliphatic heterocycles. The van der Waals surface area contributed by atoms with Crippen molar-refractivity contribution in [1.29, 1.82) is 0 Å². The van der Waals surface area contributed by atoms with Gasteiger partial charge in [-0.1, -0.05) is 0 Å². The number of aliphatic hydroxyl groups is 1. The van der Waals surface area contributed by atoms with Gasteiger partial charge in [-0.3, -0.25) is 0 Å². The number of esters is 1. The Morgan fingerprint density at radius 1 is 0.878 bits per heavy atom. The molecule has 0 aromatic heterocycles. The molecular formula is C31H32O10. The highest BCUT2D eigenvalue weighted by Gasteiger charge is 2.48. The molecule has 216 valence electrons. The standard InChI is InChI=1S/C31H32O10/c1-7-38-22-9-8-20(10-17(22)2)31(33)21(11-18-12-23(34-3)28(37-6)24(13-18)35-4)27(30(32)41-31)19-14-25(36-5)29-26(15-19)39-16-40-29/h8-10,12-15,33H,7,11,16H2,1-6H3. The van der Waals surface area contributed by atoms with E-state index in [9.17, 15) is 9.90 Å². The zero-order chi connectivity index (χ0) is 29.3. The number of methoxy groups -OCH3 is 4. The van der Waals surface area contributed by atoms with Crippen molar-refractivity contribution in [2.45, 2.75) is 26.1 Å². The van der Waals surface area contributed by atoms with Crippen LogP contribution < -0.4 is 33.2 Å². The SMILES string of the molecule is CCOc1ccc(C2(O)OC(=O)C(c3cc(OC)c4c(c3)OCO4)=C2Cc2cc(OC)c(OC)c(OC)c2)cc1C. The summed E-state index contributed by atoms with van der Waals surface area (Å²) in [6, 6.07) is 12.0. The molecule has 0 saturated carbocycles. The first-order valence-electron chi connectivity index (χ1n) is 13.0. The summed E-state index contributed by atoms with van der Waals surface area (Å²) in [6.45, 7) is 4.26. The maximum atomic E-state index is 13.6. The minimum Gasteiger partial charge on any atom is -0.494 e. The van der Waals surface area contributed by atoms with Crippen LogP contribution in [0.3, 0.4) is 0 Å². The van der Waals surface area contributed by atoms with E-state index in [-0.39, 0.29) is 18.8 Å². The smallest absolute Gasteiger partial charge is 0.342 e. The van der Waals surface area contributed by atoms with Gasteiger partial charge in [-0.25, -0.2) is 4.79 Å². The zero-order valence-electron chi connectivity index (χ0n) is 23.8. The highest BCUT2D eigenvalue weighted by molar-refractivity contribution is 6.20. The fourth-order valence-electron chi connectivity index (χ4n) is 5.17. The zero-order valence-corrected chi connectivity index (χ0v) is 23.8. The molecule has 1 N–H and O–H groups in total. The lowest BCUT2D eigenvalue weighted by atomic mass is 9.87. The molecule has 2 aliphatic rings. The maximum Gasteiger partial charge on any atom is 0.342 e. The van der Waals surface area contributed by atoms with Gasteiger partial charge in [0.05, 0.1) is 40.6 Å². The largest absolute Gasteiger partial charge is 0.494 e. The van der Waals surface area contributed by atoms with Crippen molar-refractivity contribution < 1.29 is 47.8 Å². The van der Waals surface area contributed by atoms with Gasteiger partial charge < -0.3 is 43.0 Å². The molecule has 5 rings (SSSR count). The Bertz CT molecular complexity index is 1500. The summed E-state index contributed by atoms with van der Waals surface area (Å²) < 4.78 is 44.7. The van der Waals surface area contributed by atoms with Crippen LogP contribution in [0.2, 0.25) is 0 Å². The molecule has 0 saturated heterocycles. The number of hydrogen-bond acceptors (Lipinski definition) is 10. The molecule has 0 aliphatic carbocycles. The molecule has 10 heteroatoms. The number of benzene rings is 3. The molecule has 3 aromatic carbocycles. The third kappa shape index (κ3) is 4.84. The van der Waals surface area contributed by atoms with Crippen LogP contribution in [0.15, 0.2) is 48.0 Å². The summed E-state index contributed by atoms with van der Waals surface area (Å²) in [4.78, 5) is 13.6. The van der Waals surface area contributed by atoms with Gasteiger partial charge in [0, 0.05) is 17.6 Å². The molecule has 1 atom stereocenters. The molecule has 0 bridgehead atoms. The third-order valence-electron chi connectivity index (χ3n) is 7.07. The fraction of sp³-hybridized carbons (Fsp3) is 0.323. The number of rotatable bonds is 10. The van der Waals surface area contributed by atoms with E-state index in [1.807, 2.05) is 13.8 Å². The van der Waals surface area contributed by atoms with Gasteiger partial charge in [0.25, 0.3) is 5.79 Å². The number of hydrogen-bond donors (Lipinski definition) is 1. The second-order valence-corrected chi connectivity index (χ2v) is 9.42. The van der Waals surface area contributed by atoms with Gasteiger partial charge >= 0.3 is 5.97 Å². The Hall–Kier alpha value is -4.57. The first-order valence-corrected chi connectivity index (χ1v) is 13.0. The Morgan fingerprint density at radius 2 is 1.59 bits per heavy atom. The molecule has 1 unspecified atom stereocenters. The van der Waals surface area contributed by atoms with Crippen LogP contribution in [0, 0.1) is 6.92 Å². The molecule has 41 heavy (non-hydrogen) atoms. The quantitative estimate of drug-likeness (QED) is 0.352. The Balaban J connectivity index is 1.72.